The molecule has 3 rings (SSSR count). The number of ether oxygens (including phenoxy) is 2. The maximum atomic E-state index is 13.0. The molecule has 1 amide bonds. The number of nitrogens with one attached hydrogen (secondary N) is 1. The predicted molar refractivity (Wildman–Crippen MR) is 137 cm³/mol. The van der Waals surface area contributed by atoms with E-state index in [0.717, 1.165) is 5.56 Å². The van der Waals surface area contributed by atoms with Gasteiger partial charge in [-0.3, -0.25) is 0 Å². The summed E-state index contributed by atoms with van der Waals surface area (Å²) < 4.78 is 38.6. The molecule has 3 aromatic rings. The van der Waals surface area contributed by atoms with Crippen molar-refractivity contribution in [1.29, 1.82) is 5.26 Å². The molecule has 0 aliphatic heterocycles. The number of anilines is 1. The van der Waals surface area contributed by atoms with Gasteiger partial charge in [0.25, 0.3) is 6.43 Å². The van der Waals surface area contributed by atoms with Crippen LogP contribution in [0, 0.1) is 11.3 Å². The highest BCUT2D eigenvalue weighted by atomic mass is 19.3. The molecule has 12 heteroatoms. The van der Waals surface area contributed by atoms with Crippen molar-refractivity contribution in [3.63, 3.8) is 0 Å². The number of hydrogen-bond donors (Lipinski definition) is 1. The third-order valence-corrected chi connectivity index (χ3v) is 5.24. The molecule has 0 saturated carbocycles. The molecular formula is C26H31F2N7O3. The number of alkyl carbamates (subject to hydrolysis) is 1. The van der Waals surface area contributed by atoms with Crippen LogP contribution in [0.1, 0.15) is 38.8 Å². The second-order valence-corrected chi connectivity index (χ2v) is 9.41. The largest absolute Gasteiger partial charge is 0.444 e. The quantitative estimate of drug-likeness (QED) is 0.403. The molecule has 0 unspecified atom stereocenters. The molecule has 0 atom stereocenters. The van der Waals surface area contributed by atoms with Gasteiger partial charge in [-0.25, -0.2) is 28.2 Å². The van der Waals surface area contributed by atoms with E-state index in [0.29, 0.717) is 53.9 Å². The maximum absolute atomic E-state index is 13.0. The minimum Gasteiger partial charge on any atom is -0.444 e. The van der Waals surface area contributed by atoms with Gasteiger partial charge in [0, 0.05) is 38.6 Å². The number of aromatic nitrogens is 4. The van der Waals surface area contributed by atoms with Gasteiger partial charge in [-0.05, 0) is 57.9 Å². The fourth-order valence-corrected chi connectivity index (χ4v) is 3.46. The first-order valence-corrected chi connectivity index (χ1v) is 12.1. The third-order valence-electron chi connectivity index (χ3n) is 5.24. The second-order valence-electron chi connectivity index (χ2n) is 9.41. The highest BCUT2D eigenvalue weighted by Gasteiger charge is 2.19. The maximum Gasteiger partial charge on any atom is 0.407 e. The van der Waals surface area contributed by atoms with Crippen molar-refractivity contribution in [1.82, 2.24) is 25.1 Å². The van der Waals surface area contributed by atoms with Crippen LogP contribution in [-0.2, 0) is 18.2 Å². The Kier molecular flexibility index (Phi) is 9.17. The Balaban J connectivity index is 1.77. The zero-order valence-corrected chi connectivity index (χ0v) is 22.0. The van der Waals surface area contributed by atoms with Crippen molar-refractivity contribution >= 4 is 11.9 Å². The second kappa shape index (κ2) is 12.3. The van der Waals surface area contributed by atoms with Crippen LogP contribution in [0.15, 0.2) is 36.7 Å². The predicted octanol–water partition coefficient (Wildman–Crippen LogP) is 4.70. The van der Waals surface area contributed by atoms with Gasteiger partial charge in [0.2, 0.25) is 5.88 Å². The number of hydrogen-bond acceptors (Lipinski definition) is 8. The van der Waals surface area contributed by atoms with Crippen LogP contribution in [0.2, 0.25) is 0 Å². The molecule has 202 valence electrons. The monoisotopic (exact) mass is 527 g/mol. The van der Waals surface area contributed by atoms with Crippen molar-refractivity contribution in [2.75, 3.05) is 24.5 Å². The number of carbonyl (C=O) groups is 1. The summed E-state index contributed by atoms with van der Waals surface area (Å²) in [6.07, 6.45) is 0.789. The van der Waals surface area contributed by atoms with Gasteiger partial charge < -0.3 is 19.7 Å². The molecule has 0 bridgehead atoms. The van der Waals surface area contributed by atoms with Crippen molar-refractivity contribution in [2.45, 2.75) is 46.1 Å². The summed E-state index contributed by atoms with van der Waals surface area (Å²) in [4.78, 5) is 22.1. The van der Waals surface area contributed by atoms with Gasteiger partial charge in [-0.2, -0.15) is 10.4 Å². The topological polar surface area (TPSA) is 118 Å². The number of nitriles is 1. The Morgan fingerprint density at radius 2 is 1.95 bits per heavy atom. The number of nitrogens with zero attached hydrogens (tertiary/aromatic N) is 6. The average Bonchev–Trinajstić information content (AvgIpc) is 3.21. The molecule has 38 heavy (non-hydrogen) atoms. The molecule has 2 heterocycles. The van der Waals surface area contributed by atoms with Gasteiger partial charge >= 0.3 is 6.09 Å². The molecular weight excluding hydrogens is 496 g/mol. The summed E-state index contributed by atoms with van der Waals surface area (Å²) in [6, 6.07) is 8.50. The van der Waals surface area contributed by atoms with E-state index in [1.807, 2.05) is 0 Å². The third kappa shape index (κ3) is 7.86. The molecule has 0 spiro atoms. The van der Waals surface area contributed by atoms with E-state index in [1.54, 1.807) is 71.4 Å². The van der Waals surface area contributed by atoms with Crippen LogP contribution in [-0.4, -0.2) is 57.5 Å². The fraction of sp³-hybridized carbons (Fsp3) is 0.423. The number of aryl methyl sites for hydroxylation is 1. The Labute approximate surface area is 220 Å². The molecule has 1 aromatic carbocycles. The lowest BCUT2D eigenvalue weighted by molar-refractivity contribution is 0.0528. The molecule has 0 radical (unpaired) electrons. The van der Waals surface area contributed by atoms with Crippen LogP contribution in [0.5, 0.6) is 11.6 Å². The van der Waals surface area contributed by atoms with E-state index < -0.39 is 24.7 Å². The van der Waals surface area contributed by atoms with Crippen LogP contribution in [0.25, 0.3) is 11.4 Å². The molecule has 0 aliphatic rings. The first kappa shape index (κ1) is 28.3. The van der Waals surface area contributed by atoms with Crippen molar-refractivity contribution < 1.29 is 23.0 Å². The van der Waals surface area contributed by atoms with Crippen LogP contribution in [0.4, 0.5) is 19.4 Å². The van der Waals surface area contributed by atoms with E-state index in [2.05, 4.69) is 26.5 Å². The Hall–Kier alpha value is -4.27. The molecule has 1 N–H and O–H groups in total. The van der Waals surface area contributed by atoms with Gasteiger partial charge in [0.15, 0.2) is 11.6 Å². The van der Waals surface area contributed by atoms with Gasteiger partial charge in [-0.1, -0.05) is 0 Å². The van der Waals surface area contributed by atoms with Crippen LogP contribution < -0.4 is 15.0 Å². The molecule has 0 fully saturated rings. The summed E-state index contributed by atoms with van der Waals surface area (Å²) in [6.45, 7) is 7.40. The zero-order valence-electron chi connectivity index (χ0n) is 22.0. The number of carbonyl (C=O) groups excluding carboxylic acids is 1. The SMILES string of the molecule is CCN(CC(F)F)c1cc(Oc2cc(C#N)ccc2-c2ncc(CCNC(=O)OC(C)(C)C)cn2)n(C)n1. The molecule has 0 aliphatic carbocycles. The fourth-order valence-electron chi connectivity index (χ4n) is 3.46. The number of amides is 1. The van der Waals surface area contributed by atoms with Crippen LogP contribution in [0.3, 0.4) is 0 Å². The smallest absolute Gasteiger partial charge is 0.407 e. The van der Waals surface area contributed by atoms with E-state index in [4.69, 9.17) is 9.47 Å². The number of benzene rings is 1. The Morgan fingerprint density at radius 3 is 2.55 bits per heavy atom. The minimum absolute atomic E-state index is 0.300. The Bertz CT molecular complexity index is 1280. The standard InChI is InChI=1S/C26H31F2N7O3/c1-6-35(16-21(27)28)22-12-23(34(5)33-22)37-20-11-17(13-29)7-8-19(20)24-31-14-18(15-32-24)9-10-30-25(36)38-26(2,3)4/h7-8,11-12,14-15,21H,6,9-10,16H2,1-5H3,(H,30,36). The van der Waals surface area contributed by atoms with Crippen molar-refractivity contribution in [3.05, 3.63) is 47.8 Å². The summed E-state index contributed by atoms with van der Waals surface area (Å²) in [5, 5.41) is 16.4. The first-order chi connectivity index (χ1) is 18.0. The Morgan fingerprint density at radius 1 is 1.24 bits per heavy atom. The summed E-state index contributed by atoms with van der Waals surface area (Å²) in [5.74, 6) is 1.33. The molecule has 0 saturated heterocycles. The van der Waals surface area contributed by atoms with Crippen LogP contribution >= 0.6 is 0 Å². The normalized spacial score (nSPS) is 11.2. The van der Waals surface area contributed by atoms with Gasteiger partial charge in [-0.15, -0.1) is 0 Å². The van der Waals surface area contributed by atoms with E-state index in [-0.39, 0.29) is 0 Å². The molecule has 2 aromatic heterocycles. The van der Waals surface area contributed by atoms with Crippen molar-refractivity contribution in [2.24, 2.45) is 7.05 Å². The molecule has 10 nitrogen and oxygen atoms in total. The van der Waals surface area contributed by atoms with E-state index in [9.17, 15) is 18.8 Å². The summed E-state index contributed by atoms with van der Waals surface area (Å²) >= 11 is 0. The number of rotatable bonds is 10. The lowest BCUT2D eigenvalue weighted by Crippen LogP contribution is -2.33. The lowest BCUT2D eigenvalue weighted by Gasteiger charge is -2.19. The number of alkyl halides is 2. The van der Waals surface area contributed by atoms with E-state index >= 15 is 0 Å². The highest BCUT2D eigenvalue weighted by Crippen LogP contribution is 2.33. The highest BCUT2D eigenvalue weighted by molar-refractivity contribution is 5.68. The number of halogens is 2. The zero-order chi connectivity index (χ0) is 27.9. The summed E-state index contributed by atoms with van der Waals surface area (Å²) in [5.41, 5.74) is 1.12. The minimum atomic E-state index is -2.51. The lowest BCUT2D eigenvalue weighted by atomic mass is 10.1. The summed E-state index contributed by atoms with van der Waals surface area (Å²) in [7, 11) is 1.64. The van der Waals surface area contributed by atoms with Gasteiger partial charge in [0.1, 0.15) is 11.4 Å². The van der Waals surface area contributed by atoms with Gasteiger partial charge in [0.05, 0.1) is 23.7 Å². The van der Waals surface area contributed by atoms with E-state index in [1.165, 1.54) is 9.58 Å². The first-order valence-electron chi connectivity index (χ1n) is 12.1. The average molecular weight is 528 g/mol. The van der Waals surface area contributed by atoms with Crippen molar-refractivity contribution in [3.8, 4) is 29.1 Å².